The molecule has 3 aliphatic carbocycles. The molecule has 0 bridgehead atoms. The molecular formula is C77H87N19OS3. The number of aromatic amines is 1. The van der Waals surface area contributed by atoms with E-state index in [4.69, 9.17) is 19.9 Å². The van der Waals surface area contributed by atoms with Crippen LogP contribution in [0.3, 0.4) is 0 Å². The molecule has 6 fully saturated rings. The molecule has 9 aromatic heterocycles. The van der Waals surface area contributed by atoms with Gasteiger partial charge in [0, 0.05) is 174 Å². The molecule has 6 aliphatic rings. The topological polar surface area (TPSA) is 219 Å². The Bertz CT molecular complexity index is 5010. The fraction of sp³-hybridized carbons (Fsp3) is 0.403. The van der Waals surface area contributed by atoms with Crippen molar-refractivity contribution in [3.05, 3.63) is 169 Å². The van der Waals surface area contributed by atoms with E-state index in [0.29, 0.717) is 39.9 Å². The summed E-state index contributed by atoms with van der Waals surface area (Å²) in [5.41, 5.74) is 6.15. The van der Waals surface area contributed by atoms with Gasteiger partial charge in [-0.2, -0.15) is 5.26 Å². The van der Waals surface area contributed by atoms with Crippen molar-refractivity contribution in [3.8, 4) is 6.07 Å². The molecule has 3 aromatic carbocycles. The lowest BCUT2D eigenvalue weighted by atomic mass is 9.74. The summed E-state index contributed by atoms with van der Waals surface area (Å²) in [5.74, 6) is 2.93. The molecule has 514 valence electrons. The normalized spacial score (nSPS) is 20.0. The van der Waals surface area contributed by atoms with Crippen LogP contribution in [-0.4, -0.2) is 137 Å². The van der Waals surface area contributed by atoms with Gasteiger partial charge in [0.25, 0.3) is 0 Å². The zero-order chi connectivity index (χ0) is 67.1. The Kier molecular flexibility index (Phi) is 19.3. The number of aromatic nitrogens is 12. The van der Waals surface area contributed by atoms with E-state index in [1.165, 1.54) is 102 Å². The van der Waals surface area contributed by atoms with Crippen molar-refractivity contribution in [2.24, 2.45) is 16.2 Å². The van der Waals surface area contributed by atoms with Crippen LogP contribution in [0.15, 0.2) is 187 Å². The first-order valence-corrected chi connectivity index (χ1v) is 37.6. The number of anilines is 3. The van der Waals surface area contributed by atoms with Crippen LogP contribution >= 0.6 is 35.3 Å². The van der Waals surface area contributed by atoms with Gasteiger partial charge in [-0.15, -0.1) is 0 Å². The van der Waals surface area contributed by atoms with E-state index < -0.39 is 0 Å². The first kappa shape index (κ1) is 67.2. The number of hydrogen-bond acceptors (Lipinski definition) is 19. The van der Waals surface area contributed by atoms with Gasteiger partial charge >= 0.3 is 0 Å². The predicted octanol–water partition coefficient (Wildman–Crippen LogP) is 14.2. The number of imidazole rings is 3. The van der Waals surface area contributed by atoms with E-state index in [2.05, 4.69) is 120 Å². The molecule has 0 radical (unpaired) electrons. The van der Waals surface area contributed by atoms with Gasteiger partial charge < -0.3 is 35.6 Å². The second-order valence-corrected chi connectivity index (χ2v) is 31.0. The molecule has 23 heteroatoms. The molecule has 3 aliphatic heterocycles. The minimum Gasteiger partial charge on any atom is -0.342 e. The molecule has 0 amide bonds. The van der Waals surface area contributed by atoms with E-state index in [1.807, 2.05) is 111 Å². The van der Waals surface area contributed by atoms with E-state index in [-0.39, 0.29) is 13.0 Å². The highest BCUT2D eigenvalue weighted by Gasteiger charge is 2.47. The molecule has 3 saturated heterocycles. The van der Waals surface area contributed by atoms with Crippen LogP contribution in [0, 0.1) is 27.6 Å². The van der Waals surface area contributed by atoms with Crippen molar-refractivity contribution < 1.29 is 0 Å². The summed E-state index contributed by atoms with van der Waals surface area (Å²) < 4.78 is 6.37. The Balaban J connectivity index is 0.000000121. The smallest absolute Gasteiger partial charge is 0.249 e. The lowest BCUT2D eigenvalue weighted by Crippen LogP contribution is -2.48. The summed E-state index contributed by atoms with van der Waals surface area (Å²) in [6, 6.07) is 29.8. The first-order valence-electron chi connectivity index (χ1n) is 35.2. The Morgan fingerprint density at radius 3 is 1.41 bits per heavy atom. The van der Waals surface area contributed by atoms with Crippen molar-refractivity contribution in [2.45, 2.75) is 151 Å². The summed E-state index contributed by atoms with van der Waals surface area (Å²) in [6.45, 7) is 6.19. The molecule has 3 atom stereocenters. The van der Waals surface area contributed by atoms with E-state index >= 15 is 0 Å². The molecular weight excluding hydrogens is 1300 g/mol. The number of piperidine rings is 3. The number of benzene rings is 3. The average molecular weight is 1390 g/mol. The summed E-state index contributed by atoms with van der Waals surface area (Å²) in [6.07, 6.45) is 42.3. The molecule has 0 unspecified atom stereocenters. The van der Waals surface area contributed by atoms with Gasteiger partial charge in [0.2, 0.25) is 23.4 Å². The quantitative estimate of drug-likeness (QED) is 0.0893. The van der Waals surface area contributed by atoms with Gasteiger partial charge in [-0.3, -0.25) is 28.0 Å². The van der Waals surface area contributed by atoms with Crippen LogP contribution in [0.1, 0.15) is 109 Å². The SMILES string of the molecule is C.CN[C@@H]1CCCC12CCN(c1ncc(Sc3cc(=O)[nH]c4ccccc34)c3nccn13)CC2.CN[C@@H]1CCCC12CCN(c1ncc(Sc3ccnc4c(C#N)cccc34)c3nccn13)CC2.CN[C@@H]1CCCC12CCN(c1ncc(Sc3cncc4ccccc34)c3nccn13)CC2. The maximum absolute atomic E-state index is 12.2. The molecule has 3 spiro atoms. The zero-order valence-corrected chi connectivity index (χ0v) is 58.8. The molecule has 100 heavy (non-hydrogen) atoms. The summed E-state index contributed by atoms with van der Waals surface area (Å²) in [4.78, 5) is 66.1. The second-order valence-electron chi connectivity index (χ2n) is 27.7. The first-order chi connectivity index (χ1) is 48.7. The average Bonchev–Trinajstić information content (AvgIpc) is 1.52. The van der Waals surface area contributed by atoms with Crippen LogP contribution in [-0.2, 0) is 0 Å². The fourth-order valence-electron chi connectivity index (χ4n) is 17.7. The maximum Gasteiger partial charge on any atom is 0.249 e. The van der Waals surface area contributed by atoms with Gasteiger partial charge in [0.05, 0.1) is 25.8 Å². The predicted molar refractivity (Wildman–Crippen MR) is 403 cm³/mol. The number of H-pyrrole nitrogens is 1. The van der Waals surface area contributed by atoms with Crippen LogP contribution in [0.2, 0.25) is 0 Å². The lowest BCUT2D eigenvalue weighted by molar-refractivity contribution is 0.177. The Morgan fingerprint density at radius 1 is 0.470 bits per heavy atom. The summed E-state index contributed by atoms with van der Waals surface area (Å²) >= 11 is 4.86. The summed E-state index contributed by atoms with van der Waals surface area (Å²) in [5, 5.41) is 24.5. The number of pyridine rings is 3. The second kappa shape index (κ2) is 28.8. The minimum atomic E-state index is -0.103. The third-order valence-electron chi connectivity index (χ3n) is 22.9. The molecule has 12 heterocycles. The van der Waals surface area contributed by atoms with Crippen molar-refractivity contribution in [3.63, 3.8) is 0 Å². The highest BCUT2D eigenvalue weighted by molar-refractivity contribution is 8.00. The minimum absolute atomic E-state index is 0. The van der Waals surface area contributed by atoms with E-state index in [9.17, 15) is 10.1 Å². The van der Waals surface area contributed by atoms with E-state index in [1.54, 1.807) is 53.6 Å². The van der Waals surface area contributed by atoms with Gasteiger partial charge in [-0.05, 0) is 138 Å². The molecule has 3 saturated carbocycles. The van der Waals surface area contributed by atoms with Gasteiger partial charge in [0.15, 0.2) is 16.9 Å². The Labute approximate surface area is 596 Å². The van der Waals surface area contributed by atoms with Crippen LogP contribution in [0.4, 0.5) is 17.8 Å². The van der Waals surface area contributed by atoms with Gasteiger partial charge in [0.1, 0.15) is 6.07 Å². The number of nitrogens with zero attached hydrogens (tertiary/aromatic N) is 15. The zero-order valence-electron chi connectivity index (χ0n) is 56.4. The van der Waals surface area contributed by atoms with E-state index in [0.717, 1.165) is 131 Å². The van der Waals surface area contributed by atoms with Gasteiger partial charge in [-0.1, -0.05) is 117 Å². The highest BCUT2D eigenvalue weighted by atomic mass is 32.2. The molecule has 4 N–H and O–H groups in total. The van der Waals surface area contributed by atoms with Crippen molar-refractivity contribution >= 4 is 103 Å². The number of nitrogens with one attached hydrogen (secondary N) is 4. The molecule has 18 rings (SSSR count). The Morgan fingerprint density at radius 2 is 0.920 bits per heavy atom. The standard InChI is InChI=1S/C26H27N7S.C25H28N6OS.C25H28N6S.CH4/c1-28-22-6-3-8-26(22)9-13-32(14-10-26)25-31-17-21(24-30-12-15-33(24)25)34-20-7-11-29-23-18(16-27)4-2-5-19(20)23;1-26-21-7-4-8-25(21)9-12-30(13-10-25)24-28-16-20(23-27-11-14-31(23)24)33-19-15-22(32)29-18-6-3-2-5-17(18)19;1-26-22-7-4-8-25(22)9-12-30(13-10-25)24-29-17-21(23-28-11-14-31(23)24)32-20-16-27-15-18-5-2-3-6-19(18)20;/h2,4-5,7,11-12,15,17,22,28H,3,6,8-10,13-14H2,1H3;2-3,5-6,11,14-16,21,26H,4,7-10,12-13H2,1H3,(H,29,32);2-3,5-6,11,14-17,22,26H,4,7-10,12-13H2,1H3;1H4/t22-;21-;22-;/m111./s1. The maximum atomic E-state index is 12.2. The lowest BCUT2D eigenvalue weighted by Gasteiger charge is -2.43. The van der Waals surface area contributed by atoms with Crippen molar-refractivity contribution in [1.82, 2.24) is 74.0 Å². The number of para-hydroxylation sites is 2. The third kappa shape index (κ3) is 12.6. The van der Waals surface area contributed by atoms with Crippen LogP contribution in [0.25, 0.3) is 49.5 Å². The highest BCUT2D eigenvalue weighted by Crippen LogP contribution is 2.50. The number of fused-ring (bicyclic) bond motifs is 6. The third-order valence-corrected chi connectivity index (χ3v) is 26.1. The van der Waals surface area contributed by atoms with Crippen molar-refractivity contribution in [1.29, 1.82) is 5.26 Å². The largest absolute Gasteiger partial charge is 0.342 e. The monoisotopic (exact) mass is 1390 g/mol. The van der Waals surface area contributed by atoms with Crippen molar-refractivity contribution in [2.75, 3.05) is 75.1 Å². The fourth-order valence-corrected chi connectivity index (χ4v) is 20.7. The molecule has 20 nitrogen and oxygen atoms in total. The molecule has 12 aromatic rings. The number of nitriles is 1. The van der Waals surface area contributed by atoms with Crippen LogP contribution < -0.4 is 36.2 Å². The van der Waals surface area contributed by atoms with Gasteiger partial charge in [-0.25, -0.2) is 29.9 Å². The number of rotatable bonds is 12. The number of hydrogen-bond donors (Lipinski definition) is 4. The van der Waals surface area contributed by atoms with Crippen LogP contribution in [0.5, 0.6) is 0 Å². The Hall–Kier alpha value is -8.63. The summed E-state index contributed by atoms with van der Waals surface area (Å²) in [7, 11) is 6.35.